The van der Waals surface area contributed by atoms with Crippen LogP contribution in [0.4, 0.5) is 5.69 Å². The number of benzene rings is 2. The largest absolute Gasteiger partial charge is 0.497 e. The van der Waals surface area contributed by atoms with Crippen molar-refractivity contribution >= 4 is 27.6 Å². The molecular formula is C24H29N3O2S. The van der Waals surface area contributed by atoms with E-state index in [9.17, 15) is 9.47 Å². The van der Waals surface area contributed by atoms with Crippen molar-refractivity contribution in [3.05, 3.63) is 48.0 Å². The molecule has 0 saturated carbocycles. The van der Waals surface area contributed by atoms with Gasteiger partial charge in [0.25, 0.3) is 0 Å². The fourth-order valence-electron chi connectivity index (χ4n) is 3.92. The third kappa shape index (κ3) is 3.95. The van der Waals surface area contributed by atoms with Gasteiger partial charge in [-0.3, -0.25) is 4.31 Å². The molecule has 30 heavy (non-hydrogen) atoms. The monoisotopic (exact) mass is 423 g/mol. The molecule has 5 nitrogen and oxygen atoms in total. The molecule has 1 aliphatic heterocycles. The molecule has 1 aliphatic rings. The van der Waals surface area contributed by atoms with Gasteiger partial charge in [0.05, 0.1) is 23.9 Å². The van der Waals surface area contributed by atoms with Gasteiger partial charge in [0.15, 0.2) is 0 Å². The fourth-order valence-corrected chi connectivity index (χ4v) is 5.20. The average molecular weight is 424 g/mol. The molecule has 158 valence electrons. The predicted octanol–water partition coefficient (Wildman–Crippen LogP) is 5.50. The van der Waals surface area contributed by atoms with Crippen molar-refractivity contribution in [3.8, 4) is 23.1 Å². The number of anilines is 1. The van der Waals surface area contributed by atoms with Crippen molar-refractivity contribution in [2.75, 3.05) is 23.7 Å². The zero-order chi connectivity index (χ0) is 21.7. The molecule has 0 spiro atoms. The molecule has 1 fully saturated rings. The van der Waals surface area contributed by atoms with E-state index in [1.54, 1.807) is 7.11 Å². The number of hydrogen-bond donors (Lipinski definition) is 0. The number of aryl methyl sites for hydroxylation is 1. The van der Waals surface area contributed by atoms with Crippen LogP contribution in [0, 0.1) is 11.3 Å². The number of nitriles is 1. The molecule has 0 aliphatic carbocycles. The molecule has 4 rings (SSSR count). The second-order valence-electron chi connectivity index (χ2n) is 6.90. The average Bonchev–Trinajstić information content (AvgIpc) is 3.36. The summed E-state index contributed by atoms with van der Waals surface area (Å²) in [6.07, 6.45) is 1.89. The highest BCUT2D eigenvalue weighted by molar-refractivity contribution is 7.86. The smallest absolute Gasteiger partial charge is 0.120 e. The van der Waals surface area contributed by atoms with Crippen molar-refractivity contribution in [1.82, 2.24) is 4.57 Å². The first-order valence-electron chi connectivity index (χ1n) is 10.5. The molecule has 0 bridgehead atoms. The second-order valence-corrected chi connectivity index (χ2v) is 8.39. The first-order chi connectivity index (χ1) is 14.7. The number of hydrogen-bond acceptors (Lipinski definition) is 3. The van der Waals surface area contributed by atoms with Crippen molar-refractivity contribution in [1.29, 1.82) is 5.26 Å². The quantitative estimate of drug-likeness (QED) is 0.544. The summed E-state index contributed by atoms with van der Waals surface area (Å²) >= 11 is 0. The van der Waals surface area contributed by atoms with Crippen LogP contribution in [-0.4, -0.2) is 28.2 Å². The van der Waals surface area contributed by atoms with Gasteiger partial charge in [-0.2, -0.15) is 5.26 Å². The molecule has 2 heterocycles. The van der Waals surface area contributed by atoms with E-state index in [1.807, 2.05) is 54.6 Å². The van der Waals surface area contributed by atoms with Crippen LogP contribution in [0.5, 0.6) is 5.75 Å². The lowest BCUT2D eigenvalue weighted by atomic mass is 10.1. The molecule has 1 saturated heterocycles. The molecule has 0 N–H and O–H groups in total. The van der Waals surface area contributed by atoms with Gasteiger partial charge in [-0.15, -0.1) is 0 Å². The number of fused-ring (bicyclic) bond motifs is 1. The molecule has 3 aromatic rings. The second kappa shape index (κ2) is 9.82. The molecule has 0 radical (unpaired) electrons. The fraction of sp³-hybridized carbons (Fsp3) is 0.375. The minimum Gasteiger partial charge on any atom is -0.497 e. The molecule has 6 heteroatoms. The normalized spacial score (nSPS) is 15.6. The number of nitrogens with zero attached hydrogens (tertiary/aromatic N) is 3. The Morgan fingerprint density at radius 1 is 1.20 bits per heavy atom. The highest BCUT2D eigenvalue weighted by atomic mass is 32.2. The highest BCUT2D eigenvalue weighted by Crippen LogP contribution is 2.37. The van der Waals surface area contributed by atoms with E-state index in [2.05, 4.69) is 23.6 Å². The van der Waals surface area contributed by atoms with E-state index in [0.717, 1.165) is 59.5 Å². The Morgan fingerprint density at radius 3 is 2.63 bits per heavy atom. The van der Waals surface area contributed by atoms with E-state index in [0.29, 0.717) is 11.3 Å². The van der Waals surface area contributed by atoms with Crippen LogP contribution in [0.2, 0.25) is 0 Å². The SMILES string of the molecule is CC.CCCn1c(-c2cccc(N3CCCS3=O)c2)c(C#N)c2ccc(OC)cc21. The predicted molar refractivity (Wildman–Crippen MR) is 125 cm³/mol. The van der Waals surface area contributed by atoms with Gasteiger partial charge >= 0.3 is 0 Å². The zero-order valence-corrected chi connectivity index (χ0v) is 19.0. The molecule has 0 amide bonds. The van der Waals surface area contributed by atoms with Crippen LogP contribution in [0.1, 0.15) is 39.2 Å². The van der Waals surface area contributed by atoms with Gasteiger partial charge in [-0.05, 0) is 37.1 Å². The minimum absolute atomic E-state index is 0.672. The lowest BCUT2D eigenvalue weighted by Gasteiger charge is -2.18. The van der Waals surface area contributed by atoms with E-state index in [1.165, 1.54) is 0 Å². The first kappa shape index (κ1) is 21.9. The summed E-state index contributed by atoms with van der Waals surface area (Å²) < 4.78 is 21.9. The number of rotatable bonds is 5. The Hall–Kier alpha value is -2.78. The van der Waals surface area contributed by atoms with Gasteiger partial charge < -0.3 is 9.30 Å². The maximum atomic E-state index is 12.3. The summed E-state index contributed by atoms with van der Waals surface area (Å²) in [5, 5.41) is 10.9. The van der Waals surface area contributed by atoms with Crippen LogP contribution < -0.4 is 9.04 Å². The van der Waals surface area contributed by atoms with Gasteiger partial charge in [0.1, 0.15) is 22.8 Å². The maximum absolute atomic E-state index is 12.3. The highest BCUT2D eigenvalue weighted by Gasteiger charge is 2.23. The van der Waals surface area contributed by atoms with Crippen LogP contribution in [-0.2, 0) is 17.5 Å². The summed E-state index contributed by atoms with van der Waals surface area (Å²) in [7, 11) is 0.687. The lowest BCUT2D eigenvalue weighted by molar-refractivity contribution is 0.415. The number of ether oxygens (including phenoxy) is 1. The Labute approximate surface area is 181 Å². The first-order valence-corrected chi connectivity index (χ1v) is 11.8. The summed E-state index contributed by atoms with van der Waals surface area (Å²) in [6, 6.07) is 16.3. The molecule has 1 aromatic heterocycles. The van der Waals surface area contributed by atoms with Crippen molar-refractivity contribution in [2.24, 2.45) is 0 Å². The Bertz CT molecular complexity index is 1100. The molecular weight excluding hydrogens is 394 g/mol. The third-order valence-electron chi connectivity index (χ3n) is 5.16. The zero-order valence-electron chi connectivity index (χ0n) is 18.1. The Balaban J connectivity index is 0.00000124. The lowest BCUT2D eigenvalue weighted by Crippen LogP contribution is -2.19. The summed E-state index contributed by atoms with van der Waals surface area (Å²) in [5.74, 6) is 1.49. The van der Waals surface area contributed by atoms with Gasteiger partial charge in [0.2, 0.25) is 0 Å². The third-order valence-corrected chi connectivity index (χ3v) is 6.69. The Morgan fingerprint density at radius 2 is 2.00 bits per heavy atom. The topological polar surface area (TPSA) is 58.3 Å². The van der Waals surface area contributed by atoms with E-state index >= 15 is 0 Å². The van der Waals surface area contributed by atoms with Crippen molar-refractivity contribution < 1.29 is 8.95 Å². The Kier molecular flexibility index (Phi) is 7.17. The summed E-state index contributed by atoms with van der Waals surface area (Å²) in [4.78, 5) is 0. The van der Waals surface area contributed by atoms with Crippen LogP contribution >= 0.6 is 0 Å². The van der Waals surface area contributed by atoms with Gasteiger partial charge in [0, 0.05) is 41.5 Å². The molecule has 2 aromatic carbocycles. The standard InChI is InChI=1S/C22H23N3O2S.C2H6/c1-3-10-24-21-14-18(27-2)8-9-19(21)20(15-23)22(24)16-6-4-7-17(13-16)25-11-5-12-28(25)26;1-2/h4,6-9,13-14H,3,5,10-12H2,1-2H3;1-2H3. The molecule has 1 unspecified atom stereocenters. The van der Waals surface area contributed by atoms with Crippen LogP contribution in [0.25, 0.3) is 22.2 Å². The minimum atomic E-state index is -0.966. The summed E-state index contributed by atoms with van der Waals surface area (Å²) in [5.41, 5.74) is 4.51. The van der Waals surface area contributed by atoms with Crippen molar-refractivity contribution in [2.45, 2.75) is 40.2 Å². The van der Waals surface area contributed by atoms with Gasteiger partial charge in [-0.1, -0.05) is 32.9 Å². The number of methoxy groups -OCH3 is 1. The van der Waals surface area contributed by atoms with E-state index in [-0.39, 0.29) is 0 Å². The van der Waals surface area contributed by atoms with Crippen LogP contribution in [0.3, 0.4) is 0 Å². The van der Waals surface area contributed by atoms with Crippen molar-refractivity contribution in [3.63, 3.8) is 0 Å². The maximum Gasteiger partial charge on any atom is 0.120 e. The van der Waals surface area contributed by atoms with E-state index < -0.39 is 11.0 Å². The van der Waals surface area contributed by atoms with E-state index in [4.69, 9.17) is 4.74 Å². The van der Waals surface area contributed by atoms with Gasteiger partial charge in [-0.25, -0.2) is 4.21 Å². The summed E-state index contributed by atoms with van der Waals surface area (Å²) in [6.45, 7) is 7.74. The molecule has 1 atom stereocenters. The number of aromatic nitrogens is 1. The van der Waals surface area contributed by atoms with Crippen LogP contribution in [0.15, 0.2) is 42.5 Å².